The Labute approximate surface area is 90.0 Å². The summed E-state index contributed by atoms with van der Waals surface area (Å²) in [5.41, 5.74) is 0. The number of rotatable bonds is 5. The Hall–Kier alpha value is -1.51. The van der Waals surface area contributed by atoms with Crippen LogP contribution in [0, 0.1) is 5.92 Å². The normalized spacial score (nSPS) is 10.1. The molecule has 0 atom stereocenters. The van der Waals surface area contributed by atoms with E-state index in [2.05, 4.69) is 0 Å². The Morgan fingerprint density at radius 1 is 1.27 bits per heavy atom. The van der Waals surface area contributed by atoms with E-state index in [4.69, 9.17) is 9.47 Å². The SMILES string of the molecule is COc1ccccc1OCC(=O)C(C)C. The van der Waals surface area contributed by atoms with Gasteiger partial charge in [0.1, 0.15) is 6.61 Å². The lowest BCUT2D eigenvalue weighted by Gasteiger charge is -2.10. The lowest BCUT2D eigenvalue weighted by molar-refractivity contribution is -0.123. The zero-order valence-electron chi connectivity index (χ0n) is 9.32. The maximum atomic E-state index is 11.3. The molecular weight excluding hydrogens is 192 g/mol. The van der Waals surface area contributed by atoms with Crippen molar-refractivity contribution in [3.63, 3.8) is 0 Å². The van der Waals surface area contributed by atoms with Gasteiger partial charge in [0.05, 0.1) is 7.11 Å². The Morgan fingerprint density at radius 2 is 1.87 bits per heavy atom. The molecule has 15 heavy (non-hydrogen) atoms. The third-order valence-corrected chi connectivity index (χ3v) is 2.08. The highest BCUT2D eigenvalue weighted by atomic mass is 16.5. The van der Waals surface area contributed by atoms with Gasteiger partial charge in [-0.1, -0.05) is 26.0 Å². The molecule has 0 saturated heterocycles. The largest absolute Gasteiger partial charge is 0.493 e. The minimum atomic E-state index is -0.000271. The molecule has 0 aliphatic carbocycles. The van der Waals surface area contributed by atoms with Crippen LogP contribution in [0.5, 0.6) is 11.5 Å². The van der Waals surface area contributed by atoms with Gasteiger partial charge in [0.15, 0.2) is 17.3 Å². The zero-order chi connectivity index (χ0) is 11.3. The number of carbonyl (C=O) groups is 1. The first-order valence-electron chi connectivity index (χ1n) is 4.93. The van der Waals surface area contributed by atoms with E-state index in [0.717, 1.165) is 0 Å². The van der Waals surface area contributed by atoms with E-state index in [9.17, 15) is 4.79 Å². The minimum absolute atomic E-state index is 0.000271. The van der Waals surface area contributed by atoms with Crippen LogP contribution >= 0.6 is 0 Å². The maximum Gasteiger partial charge on any atom is 0.172 e. The Balaban J connectivity index is 2.61. The van der Waals surface area contributed by atoms with E-state index >= 15 is 0 Å². The summed E-state index contributed by atoms with van der Waals surface area (Å²) in [6.45, 7) is 3.81. The second-order valence-corrected chi connectivity index (χ2v) is 3.56. The van der Waals surface area contributed by atoms with E-state index in [1.807, 2.05) is 26.0 Å². The van der Waals surface area contributed by atoms with E-state index in [0.29, 0.717) is 11.5 Å². The lowest BCUT2D eigenvalue weighted by atomic mass is 10.1. The number of Topliss-reactive ketones (excluding diaryl/α,β-unsaturated/α-hetero) is 1. The van der Waals surface area contributed by atoms with E-state index < -0.39 is 0 Å². The van der Waals surface area contributed by atoms with Gasteiger partial charge in [0.25, 0.3) is 0 Å². The predicted molar refractivity (Wildman–Crippen MR) is 58.3 cm³/mol. The number of benzene rings is 1. The highest BCUT2D eigenvalue weighted by molar-refractivity contribution is 5.81. The second-order valence-electron chi connectivity index (χ2n) is 3.56. The quantitative estimate of drug-likeness (QED) is 0.744. The molecule has 0 amide bonds. The number of carbonyl (C=O) groups excluding carboxylic acids is 1. The zero-order valence-corrected chi connectivity index (χ0v) is 9.32. The smallest absolute Gasteiger partial charge is 0.172 e. The molecule has 0 aromatic heterocycles. The molecule has 0 fully saturated rings. The molecule has 0 N–H and O–H groups in total. The van der Waals surface area contributed by atoms with E-state index in [1.165, 1.54) is 0 Å². The van der Waals surface area contributed by atoms with Gasteiger partial charge in [-0.15, -0.1) is 0 Å². The van der Waals surface area contributed by atoms with Crippen molar-refractivity contribution < 1.29 is 14.3 Å². The fourth-order valence-electron chi connectivity index (χ4n) is 1.05. The fraction of sp³-hybridized carbons (Fsp3) is 0.417. The average Bonchev–Trinajstić information content (AvgIpc) is 2.26. The molecule has 0 radical (unpaired) electrons. The molecule has 1 rings (SSSR count). The third-order valence-electron chi connectivity index (χ3n) is 2.08. The van der Waals surface area contributed by atoms with Crippen LogP contribution in [0.25, 0.3) is 0 Å². The fourth-order valence-corrected chi connectivity index (χ4v) is 1.05. The van der Waals surface area contributed by atoms with Gasteiger partial charge in [-0.2, -0.15) is 0 Å². The monoisotopic (exact) mass is 208 g/mol. The number of para-hydroxylation sites is 2. The second kappa shape index (κ2) is 5.39. The van der Waals surface area contributed by atoms with Crippen LogP contribution in [0.4, 0.5) is 0 Å². The first-order chi connectivity index (χ1) is 7.15. The average molecular weight is 208 g/mol. The van der Waals surface area contributed by atoms with E-state index in [1.54, 1.807) is 19.2 Å². The molecule has 0 bridgehead atoms. The summed E-state index contributed by atoms with van der Waals surface area (Å²) < 4.78 is 10.5. The number of hydrogen-bond donors (Lipinski definition) is 0. The summed E-state index contributed by atoms with van der Waals surface area (Å²) in [4.78, 5) is 11.3. The lowest BCUT2D eigenvalue weighted by Crippen LogP contribution is -2.17. The van der Waals surface area contributed by atoms with Crippen molar-refractivity contribution in [2.75, 3.05) is 13.7 Å². The summed E-state index contributed by atoms with van der Waals surface area (Å²) in [5.74, 6) is 1.34. The molecule has 0 saturated carbocycles. The molecule has 0 aliphatic heterocycles. The van der Waals surface area contributed by atoms with Gasteiger partial charge >= 0.3 is 0 Å². The predicted octanol–water partition coefficient (Wildman–Crippen LogP) is 2.30. The number of hydrogen-bond acceptors (Lipinski definition) is 3. The Kier molecular flexibility index (Phi) is 4.16. The Bertz CT molecular complexity index is 331. The molecule has 0 spiro atoms. The molecule has 1 aromatic carbocycles. The number of methoxy groups -OCH3 is 1. The molecule has 3 nitrogen and oxygen atoms in total. The van der Waals surface area contributed by atoms with Crippen LogP contribution in [0.3, 0.4) is 0 Å². The molecule has 82 valence electrons. The van der Waals surface area contributed by atoms with Crippen molar-refractivity contribution in [2.45, 2.75) is 13.8 Å². The molecule has 3 heteroatoms. The van der Waals surface area contributed by atoms with Crippen LogP contribution in [-0.2, 0) is 4.79 Å². The molecular formula is C12H16O3. The Morgan fingerprint density at radius 3 is 2.40 bits per heavy atom. The summed E-state index contributed by atoms with van der Waals surface area (Å²) in [6, 6.07) is 7.29. The van der Waals surface area contributed by atoms with Crippen molar-refractivity contribution in [3.8, 4) is 11.5 Å². The van der Waals surface area contributed by atoms with Crippen molar-refractivity contribution in [1.29, 1.82) is 0 Å². The van der Waals surface area contributed by atoms with Gasteiger partial charge in [0, 0.05) is 5.92 Å². The number of ether oxygens (including phenoxy) is 2. The van der Waals surface area contributed by atoms with Crippen molar-refractivity contribution in [3.05, 3.63) is 24.3 Å². The minimum Gasteiger partial charge on any atom is -0.493 e. The summed E-state index contributed by atoms with van der Waals surface area (Å²) in [7, 11) is 1.58. The molecule has 0 aliphatic rings. The van der Waals surface area contributed by atoms with Gasteiger partial charge < -0.3 is 9.47 Å². The van der Waals surface area contributed by atoms with Crippen molar-refractivity contribution in [2.24, 2.45) is 5.92 Å². The van der Waals surface area contributed by atoms with E-state index in [-0.39, 0.29) is 18.3 Å². The van der Waals surface area contributed by atoms with Gasteiger partial charge in [-0.25, -0.2) is 0 Å². The van der Waals surface area contributed by atoms with Gasteiger partial charge in [-0.05, 0) is 12.1 Å². The molecule has 0 unspecified atom stereocenters. The van der Waals surface area contributed by atoms with Gasteiger partial charge in [-0.3, -0.25) is 4.79 Å². The summed E-state index contributed by atoms with van der Waals surface area (Å²) in [5, 5.41) is 0. The highest BCUT2D eigenvalue weighted by Crippen LogP contribution is 2.25. The topological polar surface area (TPSA) is 35.5 Å². The summed E-state index contributed by atoms with van der Waals surface area (Å²) in [6.07, 6.45) is 0. The first kappa shape index (κ1) is 11.6. The van der Waals surface area contributed by atoms with Crippen molar-refractivity contribution >= 4 is 5.78 Å². The number of ketones is 1. The molecule has 0 heterocycles. The summed E-state index contributed by atoms with van der Waals surface area (Å²) >= 11 is 0. The third kappa shape index (κ3) is 3.27. The van der Waals surface area contributed by atoms with Crippen LogP contribution in [0.1, 0.15) is 13.8 Å². The van der Waals surface area contributed by atoms with Crippen LogP contribution < -0.4 is 9.47 Å². The molecule has 1 aromatic rings. The van der Waals surface area contributed by atoms with Crippen LogP contribution in [0.15, 0.2) is 24.3 Å². The van der Waals surface area contributed by atoms with Crippen LogP contribution in [0.2, 0.25) is 0 Å². The standard InChI is InChI=1S/C12H16O3/c1-9(2)10(13)8-15-12-7-5-4-6-11(12)14-3/h4-7,9H,8H2,1-3H3. The maximum absolute atomic E-state index is 11.3. The highest BCUT2D eigenvalue weighted by Gasteiger charge is 2.09. The van der Waals surface area contributed by atoms with Crippen molar-refractivity contribution in [1.82, 2.24) is 0 Å². The van der Waals surface area contributed by atoms with Crippen LogP contribution in [-0.4, -0.2) is 19.5 Å². The van der Waals surface area contributed by atoms with Gasteiger partial charge in [0.2, 0.25) is 0 Å². The first-order valence-corrected chi connectivity index (χ1v) is 4.93.